The zero-order chi connectivity index (χ0) is 10.3. The van der Waals surface area contributed by atoms with Gasteiger partial charge in [-0.3, -0.25) is 4.79 Å². The summed E-state index contributed by atoms with van der Waals surface area (Å²) in [5.74, 6) is 0.0543. The monoisotopic (exact) mass is 187 g/mol. The second kappa shape index (κ2) is 2.79. The van der Waals surface area contributed by atoms with Crippen LogP contribution in [0.5, 0.6) is 0 Å². The first-order chi connectivity index (χ1) is 6.49. The van der Waals surface area contributed by atoms with Crippen molar-refractivity contribution in [1.82, 2.24) is 0 Å². The average Bonchev–Trinajstić information content (AvgIpc) is 2.27. The first kappa shape index (κ1) is 9.16. The van der Waals surface area contributed by atoms with E-state index < -0.39 is 5.54 Å². The summed E-state index contributed by atoms with van der Waals surface area (Å²) in [7, 11) is 0. The van der Waals surface area contributed by atoms with E-state index in [9.17, 15) is 4.79 Å². The van der Waals surface area contributed by atoms with Crippen LogP contribution in [0.3, 0.4) is 0 Å². The van der Waals surface area contributed by atoms with Gasteiger partial charge in [-0.2, -0.15) is 0 Å². The van der Waals surface area contributed by atoms with Crippen LogP contribution in [0.2, 0.25) is 0 Å². The molecule has 1 atom stereocenters. The smallest absolute Gasteiger partial charge is 0.189 e. The van der Waals surface area contributed by atoms with Crippen molar-refractivity contribution in [3.05, 3.63) is 47.6 Å². The molecule has 0 fully saturated rings. The average molecular weight is 187 g/mol. The third kappa shape index (κ3) is 1.38. The normalized spacial score (nSPS) is 31.0. The van der Waals surface area contributed by atoms with Crippen molar-refractivity contribution in [2.45, 2.75) is 18.9 Å². The summed E-state index contributed by atoms with van der Waals surface area (Å²) >= 11 is 0. The van der Waals surface area contributed by atoms with Gasteiger partial charge in [-0.05, 0) is 18.1 Å². The number of hydrogen-bond donors (Lipinski definition) is 1. The van der Waals surface area contributed by atoms with Crippen LogP contribution in [-0.4, -0.2) is 11.3 Å². The Hall–Kier alpha value is -1.41. The van der Waals surface area contributed by atoms with Gasteiger partial charge >= 0.3 is 0 Å². The molecule has 0 aromatic rings. The molecule has 0 amide bonds. The third-order valence-corrected chi connectivity index (χ3v) is 2.57. The van der Waals surface area contributed by atoms with Crippen molar-refractivity contribution < 1.29 is 4.79 Å². The molecule has 2 nitrogen and oxygen atoms in total. The predicted molar refractivity (Wildman–Crippen MR) is 56.7 cm³/mol. The van der Waals surface area contributed by atoms with Gasteiger partial charge in [0.1, 0.15) is 0 Å². The van der Waals surface area contributed by atoms with E-state index in [4.69, 9.17) is 5.73 Å². The van der Waals surface area contributed by atoms with Gasteiger partial charge in [-0.25, -0.2) is 0 Å². The molecule has 2 aliphatic rings. The predicted octanol–water partition coefficient (Wildman–Crippen LogP) is 1.66. The van der Waals surface area contributed by atoms with E-state index in [1.165, 1.54) is 0 Å². The quantitative estimate of drug-likeness (QED) is 0.586. The minimum absolute atomic E-state index is 0.0543. The molecule has 0 bridgehead atoms. The van der Waals surface area contributed by atoms with Crippen LogP contribution in [0.15, 0.2) is 47.6 Å². The summed E-state index contributed by atoms with van der Waals surface area (Å²) < 4.78 is 0. The highest BCUT2D eigenvalue weighted by molar-refractivity contribution is 6.13. The fourth-order valence-corrected chi connectivity index (χ4v) is 1.67. The maximum atomic E-state index is 11.6. The number of rotatable bonds is 0. The lowest BCUT2D eigenvalue weighted by atomic mass is 10.0. The number of allylic oxidation sites excluding steroid dienone is 5. The number of ketones is 1. The fourth-order valence-electron chi connectivity index (χ4n) is 1.67. The van der Waals surface area contributed by atoms with Gasteiger partial charge in [0, 0.05) is 12.0 Å². The lowest BCUT2D eigenvalue weighted by Crippen LogP contribution is -2.30. The van der Waals surface area contributed by atoms with Crippen molar-refractivity contribution in [1.29, 1.82) is 0 Å². The minimum atomic E-state index is -0.452. The summed E-state index contributed by atoms with van der Waals surface area (Å²) in [5.41, 5.74) is 7.93. The molecule has 0 saturated carbocycles. The Morgan fingerprint density at radius 2 is 2.07 bits per heavy atom. The van der Waals surface area contributed by atoms with Gasteiger partial charge in [0.15, 0.2) is 5.78 Å². The van der Waals surface area contributed by atoms with Crippen molar-refractivity contribution in [2.24, 2.45) is 5.73 Å². The van der Waals surface area contributed by atoms with Gasteiger partial charge in [-0.1, -0.05) is 30.9 Å². The van der Waals surface area contributed by atoms with Crippen LogP contribution in [0.4, 0.5) is 0 Å². The number of carbonyl (C=O) groups is 1. The van der Waals surface area contributed by atoms with E-state index in [0.29, 0.717) is 12.0 Å². The summed E-state index contributed by atoms with van der Waals surface area (Å²) in [6.45, 7) is 5.64. The molecule has 14 heavy (non-hydrogen) atoms. The molecular weight excluding hydrogens is 174 g/mol. The Bertz CT molecular complexity index is 408. The highest BCUT2D eigenvalue weighted by Crippen LogP contribution is 2.31. The second-order valence-corrected chi connectivity index (χ2v) is 4.08. The standard InChI is InChI=1S/C12H13NO/c1-8-7-9-3-5-12(2,13)6-4-10(9)11(8)14/h3-6H,1,7,13H2,2H3. The molecule has 2 heteroatoms. The summed E-state index contributed by atoms with van der Waals surface area (Å²) in [5, 5.41) is 0. The van der Waals surface area contributed by atoms with Crippen molar-refractivity contribution in [2.75, 3.05) is 0 Å². The molecule has 2 rings (SSSR count). The van der Waals surface area contributed by atoms with E-state index in [1.54, 1.807) is 0 Å². The Balaban J connectivity index is 2.45. The van der Waals surface area contributed by atoms with Gasteiger partial charge < -0.3 is 5.73 Å². The Morgan fingerprint density at radius 3 is 2.79 bits per heavy atom. The Kier molecular flexibility index (Phi) is 1.82. The number of Topliss-reactive ketones (excluding diaryl/α,β-unsaturated/α-hetero) is 1. The lowest BCUT2D eigenvalue weighted by Gasteiger charge is -2.13. The molecule has 0 aromatic carbocycles. The molecule has 2 N–H and O–H groups in total. The molecule has 0 radical (unpaired) electrons. The van der Waals surface area contributed by atoms with Crippen molar-refractivity contribution >= 4 is 5.78 Å². The Morgan fingerprint density at radius 1 is 1.43 bits per heavy atom. The van der Waals surface area contributed by atoms with E-state index in [-0.39, 0.29) is 5.78 Å². The number of hydrogen-bond acceptors (Lipinski definition) is 2. The molecule has 0 heterocycles. The molecule has 72 valence electrons. The molecule has 0 aliphatic heterocycles. The number of nitrogens with two attached hydrogens (primary N) is 1. The van der Waals surface area contributed by atoms with E-state index in [0.717, 1.165) is 11.1 Å². The van der Waals surface area contributed by atoms with Crippen LogP contribution >= 0.6 is 0 Å². The van der Waals surface area contributed by atoms with Gasteiger partial charge in [0.25, 0.3) is 0 Å². The van der Waals surface area contributed by atoms with Crippen LogP contribution in [0.25, 0.3) is 0 Å². The summed E-state index contributed by atoms with van der Waals surface area (Å²) in [6.07, 6.45) is 8.17. The van der Waals surface area contributed by atoms with Crippen molar-refractivity contribution in [3.8, 4) is 0 Å². The molecule has 0 saturated heterocycles. The molecular formula is C12H13NO. The number of carbonyl (C=O) groups excluding carboxylic acids is 1. The summed E-state index contributed by atoms with van der Waals surface area (Å²) in [4.78, 5) is 11.6. The lowest BCUT2D eigenvalue weighted by molar-refractivity contribution is -0.111. The first-order valence-corrected chi connectivity index (χ1v) is 4.62. The first-order valence-electron chi connectivity index (χ1n) is 4.62. The van der Waals surface area contributed by atoms with Crippen LogP contribution < -0.4 is 5.73 Å². The van der Waals surface area contributed by atoms with Crippen molar-refractivity contribution in [3.63, 3.8) is 0 Å². The zero-order valence-corrected chi connectivity index (χ0v) is 8.21. The molecule has 2 aliphatic carbocycles. The Labute approximate surface area is 83.5 Å². The van der Waals surface area contributed by atoms with Gasteiger partial charge in [0.05, 0.1) is 5.54 Å². The topological polar surface area (TPSA) is 43.1 Å². The second-order valence-electron chi connectivity index (χ2n) is 4.08. The van der Waals surface area contributed by atoms with Crippen LogP contribution in [0, 0.1) is 0 Å². The highest BCUT2D eigenvalue weighted by atomic mass is 16.1. The van der Waals surface area contributed by atoms with E-state index in [2.05, 4.69) is 6.58 Å². The molecule has 1 unspecified atom stereocenters. The third-order valence-electron chi connectivity index (χ3n) is 2.57. The van der Waals surface area contributed by atoms with Gasteiger partial charge in [-0.15, -0.1) is 0 Å². The maximum Gasteiger partial charge on any atom is 0.189 e. The molecule has 0 spiro atoms. The zero-order valence-electron chi connectivity index (χ0n) is 8.21. The minimum Gasteiger partial charge on any atom is -0.319 e. The summed E-state index contributed by atoms with van der Waals surface area (Å²) in [6, 6.07) is 0. The largest absolute Gasteiger partial charge is 0.319 e. The van der Waals surface area contributed by atoms with E-state index in [1.807, 2.05) is 31.2 Å². The highest BCUT2D eigenvalue weighted by Gasteiger charge is 2.25. The van der Waals surface area contributed by atoms with Gasteiger partial charge in [0.2, 0.25) is 0 Å². The maximum absolute atomic E-state index is 11.6. The van der Waals surface area contributed by atoms with Crippen LogP contribution in [0.1, 0.15) is 13.3 Å². The van der Waals surface area contributed by atoms with Crippen LogP contribution in [-0.2, 0) is 4.79 Å². The SMILES string of the molecule is C=C1CC2=C(C=CC(C)(N)C=C2)C1=O. The van der Waals surface area contributed by atoms with E-state index >= 15 is 0 Å². The fraction of sp³-hybridized carbons (Fsp3) is 0.250. The molecule has 0 aromatic heterocycles.